The van der Waals surface area contributed by atoms with Gasteiger partial charge in [-0.3, -0.25) is 4.79 Å². The summed E-state index contributed by atoms with van der Waals surface area (Å²) >= 11 is 0. The fraction of sp³-hybridized carbons (Fsp3) is 0.676. The van der Waals surface area contributed by atoms with Gasteiger partial charge in [-0.05, 0) is 84.2 Å². The van der Waals surface area contributed by atoms with Crippen LogP contribution < -0.4 is 19.1 Å². The first kappa shape index (κ1) is 35.9. The van der Waals surface area contributed by atoms with Crippen molar-refractivity contribution in [1.82, 2.24) is 29.2 Å². The Morgan fingerprint density at radius 1 is 1.16 bits per heavy atom. The van der Waals surface area contributed by atoms with Crippen molar-refractivity contribution in [3.63, 3.8) is 0 Å². The lowest BCUT2D eigenvalue weighted by atomic mass is 9.71. The van der Waals surface area contributed by atoms with Gasteiger partial charge in [-0.25, -0.2) is 19.1 Å². The number of benzene rings is 1. The summed E-state index contributed by atoms with van der Waals surface area (Å²) in [6.07, 6.45) is 7.42. The van der Waals surface area contributed by atoms with Gasteiger partial charge in [-0.2, -0.15) is 13.1 Å². The van der Waals surface area contributed by atoms with E-state index in [1.807, 2.05) is 13.8 Å². The molecule has 0 saturated carbocycles. The highest BCUT2D eigenvalue weighted by Gasteiger charge is 2.47. The molecule has 4 aliphatic heterocycles. The van der Waals surface area contributed by atoms with Crippen LogP contribution in [0.2, 0.25) is 0 Å². The minimum absolute atomic E-state index is 0.0788. The normalized spacial score (nSPS) is 25.8. The van der Waals surface area contributed by atoms with Crippen molar-refractivity contribution >= 4 is 21.9 Å². The largest absolute Gasteiger partial charge is 0.451 e. The van der Waals surface area contributed by atoms with Gasteiger partial charge < -0.3 is 28.9 Å². The Hall–Kier alpha value is -2.95. The van der Waals surface area contributed by atoms with Gasteiger partial charge in [0.1, 0.15) is 17.9 Å². The lowest BCUT2D eigenvalue weighted by molar-refractivity contribution is -0.0979. The summed E-state index contributed by atoms with van der Waals surface area (Å²) < 4.78 is 62.0. The van der Waals surface area contributed by atoms with E-state index in [2.05, 4.69) is 36.1 Å². The number of nitrogens with zero attached hydrogens (tertiary/aromatic N) is 5. The summed E-state index contributed by atoms with van der Waals surface area (Å²) in [4.78, 5) is 29.0. The number of halogens is 1. The Bertz CT molecular complexity index is 1570. The number of ether oxygens (including phenoxy) is 3. The topological polar surface area (TPSA) is 138 Å². The highest BCUT2D eigenvalue weighted by molar-refractivity contribution is 7.87. The molecule has 5 heterocycles. The van der Waals surface area contributed by atoms with Gasteiger partial charge in [0.25, 0.3) is 16.1 Å². The summed E-state index contributed by atoms with van der Waals surface area (Å²) in [5, 5.41) is 0. The monoisotopic (exact) mass is 703 g/mol. The maximum atomic E-state index is 14.5. The van der Waals surface area contributed by atoms with E-state index in [-0.39, 0.29) is 46.4 Å². The Kier molecular flexibility index (Phi) is 10.8. The molecular formula is C34H50FN7O6S. The number of hydrogen-bond acceptors (Lipinski definition) is 10. The summed E-state index contributed by atoms with van der Waals surface area (Å²) in [7, 11) is -3.51. The Balaban J connectivity index is 1.05. The molecule has 4 fully saturated rings. The van der Waals surface area contributed by atoms with Gasteiger partial charge in [-0.1, -0.05) is 6.92 Å². The number of aromatic nitrogens is 2. The van der Waals surface area contributed by atoms with Crippen LogP contribution in [0.15, 0.2) is 30.7 Å². The molecule has 6 rings (SSSR count). The first-order valence-corrected chi connectivity index (χ1v) is 18.9. The molecule has 1 amide bonds. The zero-order valence-electron chi connectivity index (χ0n) is 29.0. The van der Waals surface area contributed by atoms with E-state index in [4.69, 9.17) is 14.2 Å². The van der Waals surface area contributed by atoms with E-state index >= 15 is 0 Å². The number of likely N-dealkylation sites (tertiary alicyclic amines) is 1. The maximum Gasteiger partial charge on any atom is 0.277 e. The van der Waals surface area contributed by atoms with Crippen molar-refractivity contribution in [2.75, 3.05) is 64.0 Å². The molecule has 3 atom stereocenters. The quantitative estimate of drug-likeness (QED) is 0.339. The van der Waals surface area contributed by atoms with Crippen LogP contribution in [0.1, 0.15) is 70.2 Å². The molecule has 0 unspecified atom stereocenters. The minimum Gasteiger partial charge on any atom is -0.451 e. The van der Waals surface area contributed by atoms with E-state index in [1.165, 1.54) is 24.5 Å². The van der Waals surface area contributed by atoms with Crippen LogP contribution >= 0.6 is 0 Å². The van der Waals surface area contributed by atoms with Crippen LogP contribution in [0.3, 0.4) is 0 Å². The van der Waals surface area contributed by atoms with E-state index in [1.54, 1.807) is 18.0 Å². The molecule has 13 nitrogen and oxygen atoms in total. The van der Waals surface area contributed by atoms with E-state index in [9.17, 15) is 17.6 Å². The van der Waals surface area contributed by atoms with E-state index in [0.29, 0.717) is 37.9 Å². The third kappa shape index (κ3) is 8.34. The standard InChI is InChI=1S/C34H50FN7O6S/c1-5-38-49(44,45)39-26-8-10-33(4,47-18-26)20-40-13-11-34(12-14-40)21-41(22-34)31-30(17-36-23-37-31)48-29-7-6-25(35)16-28(29)32(43)42(24(2)3)27-9-15-46-19-27/h6-7,16-17,23-24,26-27,38-39H,5,8-15,18-22H2,1-4H3/t26-,27+,33-/m1/s1. The van der Waals surface area contributed by atoms with Crippen LogP contribution in [0.5, 0.6) is 11.5 Å². The van der Waals surface area contributed by atoms with Crippen molar-refractivity contribution in [3.8, 4) is 11.5 Å². The third-order valence-electron chi connectivity index (χ3n) is 10.3. The number of rotatable bonds is 12. The van der Waals surface area contributed by atoms with Crippen LogP contribution in [0.25, 0.3) is 0 Å². The molecule has 1 aromatic carbocycles. The molecule has 15 heteroatoms. The number of carbonyl (C=O) groups is 1. The minimum atomic E-state index is -3.51. The number of carbonyl (C=O) groups excluding carboxylic acids is 1. The number of nitrogens with one attached hydrogen (secondary N) is 2. The lowest BCUT2D eigenvalue weighted by Gasteiger charge is -2.55. The van der Waals surface area contributed by atoms with Crippen LogP contribution in [-0.4, -0.2) is 117 Å². The number of hydrogen-bond donors (Lipinski definition) is 2. The number of anilines is 1. The molecule has 2 aromatic rings. The highest BCUT2D eigenvalue weighted by atomic mass is 32.2. The van der Waals surface area contributed by atoms with Crippen LogP contribution in [-0.2, 0) is 19.7 Å². The summed E-state index contributed by atoms with van der Waals surface area (Å²) in [6.45, 7) is 13.9. The second kappa shape index (κ2) is 14.7. The van der Waals surface area contributed by atoms with Crippen molar-refractivity contribution in [2.45, 2.75) is 83.5 Å². The smallest absolute Gasteiger partial charge is 0.277 e. The van der Waals surface area contributed by atoms with Gasteiger partial charge in [0.15, 0.2) is 11.6 Å². The van der Waals surface area contributed by atoms with E-state index < -0.39 is 16.0 Å². The van der Waals surface area contributed by atoms with Gasteiger partial charge in [0.05, 0.1) is 36.6 Å². The Morgan fingerprint density at radius 2 is 1.94 bits per heavy atom. The van der Waals surface area contributed by atoms with Crippen LogP contribution in [0, 0.1) is 11.2 Å². The van der Waals surface area contributed by atoms with E-state index in [0.717, 1.165) is 64.8 Å². The zero-order chi connectivity index (χ0) is 34.8. The molecule has 0 aliphatic carbocycles. The maximum absolute atomic E-state index is 14.5. The summed E-state index contributed by atoms with van der Waals surface area (Å²) in [6, 6.07) is 3.62. The van der Waals surface area contributed by atoms with Crippen molar-refractivity contribution in [2.24, 2.45) is 5.41 Å². The van der Waals surface area contributed by atoms with Gasteiger partial charge in [0, 0.05) is 50.3 Å². The first-order chi connectivity index (χ1) is 23.4. The molecule has 270 valence electrons. The van der Waals surface area contributed by atoms with Gasteiger partial charge in [-0.15, -0.1) is 0 Å². The van der Waals surface area contributed by atoms with Gasteiger partial charge in [0.2, 0.25) is 0 Å². The molecule has 49 heavy (non-hydrogen) atoms. The Labute approximate surface area is 289 Å². The van der Waals surface area contributed by atoms with Crippen molar-refractivity contribution < 1.29 is 31.8 Å². The molecule has 0 bridgehead atoms. The molecule has 4 saturated heterocycles. The first-order valence-electron chi connectivity index (χ1n) is 17.4. The SMILES string of the molecule is CCNS(=O)(=O)N[C@@H]1CC[C@](C)(CN2CCC3(CC2)CN(c2ncncc2Oc2ccc(F)cc2C(=O)N(C(C)C)[C@H]2CCOC2)C3)OC1. The third-order valence-corrected chi connectivity index (χ3v) is 11.6. The predicted molar refractivity (Wildman–Crippen MR) is 182 cm³/mol. The summed E-state index contributed by atoms with van der Waals surface area (Å²) in [5.74, 6) is 0.523. The lowest BCUT2D eigenvalue weighted by Crippen LogP contribution is -2.62. The molecule has 0 radical (unpaired) electrons. The predicted octanol–water partition coefficient (Wildman–Crippen LogP) is 3.33. The summed E-state index contributed by atoms with van der Waals surface area (Å²) in [5.41, 5.74) is 0.00548. The molecule has 1 spiro atoms. The molecule has 4 aliphatic rings. The molecular weight excluding hydrogens is 653 g/mol. The average Bonchev–Trinajstić information content (AvgIpc) is 3.57. The van der Waals surface area contributed by atoms with Crippen LogP contribution in [0.4, 0.5) is 10.2 Å². The second-order valence-electron chi connectivity index (χ2n) is 14.5. The fourth-order valence-corrected chi connectivity index (χ4v) is 8.78. The Morgan fingerprint density at radius 3 is 2.59 bits per heavy atom. The number of amides is 1. The zero-order valence-corrected chi connectivity index (χ0v) is 29.8. The fourth-order valence-electron chi connectivity index (χ4n) is 7.69. The van der Waals surface area contributed by atoms with Crippen molar-refractivity contribution in [3.05, 3.63) is 42.1 Å². The average molecular weight is 704 g/mol. The van der Waals surface area contributed by atoms with Gasteiger partial charge >= 0.3 is 0 Å². The number of piperidine rings is 1. The highest BCUT2D eigenvalue weighted by Crippen LogP contribution is 2.45. The van der Waals surface area contributed by atoms with Crippen molar-refractivity contribution in [1.29, 1.82) is 0 Å². The molecule has 2 N–H and O–H groups in total. The molecule has 1 aromatic heterocycles. The second-order valence-corrected chi connectivity index (χ2v) is 16.1.